The summed E-state index contributed by atoms with van der Waals surface area (Å²) in [5, 5.41) is 16.9. The van der Waals surface area contributed by atoms with Crippen LogP contribution in [0.3, 0.4) is 0 Å². The Kier molecular flexibility index (Phi) is 3.07. The van der Waals surface area contributed by atoms with Gasteiger partial charge in [-0.2, -0.15) is 0 Å². The van der Waals surface area contributed by atoms with Gasteiger partial charge in [-0.05, 0) is 33.1 Å². The number of hydrogen-bond donors (Lipinski definition) is 2. The quantitative estimate of drug-likeness (QED) is 0.789. The summed E-state index contributed by atoms with van der Waals surface area (Å²) in [4.78, 5) is 0. The Morgan fingerprint density at radius 2 is 2.27 bits per heavy atom. The lowest BCUT2D eigenvalue weighted by Crippen LogP contribution is -2.35. The Labute approximate surface area is 89.7 Å². The minimum atomic E-state index is -0.189. The second-order valence-corrected chi connectivity index (χ2v) is 4.29. The van der Waals surface area contributed by atoms with Crippen molar-refractivity contribution in [3.05, 3.63) is 17.0 Å². The molecular weight excluding hydrogens is 192 g/mol. The first-order valence-corrected chi connectivity index (χ1v) is 5.51. The van der Waals surface area contributed by atoms with E-state index in [2.05, 4.69) is 10.5 Å². The zero-order valence-corrected chi connectivity index (χ0v) is 9.29. The highest BCUT2D eigenvalue weighted by atomic mass is 16.5. The van der Waals surface area contributed by atoms with Gasteiger partial charge in [0.05, 0.1) is 11.8 Å². The van der Waals surface area contributed by atoms with Crippen molar-refractivity contribution in [2.75, 3.05) is 0 Å². The maximum Gasteiger partial charge on any atom is 0.138 e. The first kappa shape index (κ1) is 10.6. The molecule has 2 N–H and O–H groups in total. The molecule has 0 aromatic carbocycles. The molecule has 2 atom stereocenters. The summed E-state index contributed by atoms with van der Waals surface area (Å²) < 4.78 is 5.08. The number of aromatic nitrogens is 1. The number of aliphatic hydroxyl groups is 1. The average molecular weight is 210 g/mol. The van der Waals surface area contributed by atoms with Crippen LogP contribution < -0.4 is 5.32 Å². The van der Waals surface area contributed by atoms with Gasteiger partial charge in [0.15, 0.2) is 0 Å². The molecule has 0 bridgehead atoms. The van der Waals surface area contributed by atoms with Gasteiger partial charge >= 0.3 is 0 Å². The molecule has 84 valence electrons. The summed E-state index contributed by atoms with van der Waals surface area (Å²) in [7, 11) is 0. The fourth-order valence-electron chi connectivity index (χ4n) is 2.17. The Bertz CT molecular complexity index is 316. The standard InChI is InChI=1S/C11H18N2O2/c1-7-9(8(2)15-13-7)6-12-10-4-3-5-11(10)14/h10-12,14H,3-6H2,1-2H3/t10-,11-/m0/s1. The van der Waals surface area contributed by atoms with Gasteiger partial charge in [0.2, 0.25) is 0 Å². The van der Waals surface area contributed by atoms with Crippen LogP contribution in [0.5, 0.6) is 0 Å². The summed E-state index contributed by atoms with van der Waals surface area (Å²) in [6.07, 6.45) is 2.90. The molecule has 4 heteroatoms. The van der Waals surface area contributed by atoms with Crippen LogP contribution >= 0.6 is 0 Å². The molecule has 0 radical (unpaired) electrons. The van der Waals surface area contributed by atoms with Crippen molar-refractivity contribution >= 4 is 0 Å². The van der Waals surface area contributed by atoms with E-state index in [1.54, 1.807) is 0 Å². The maximum atomic E-state index is 9.65. The van der Waals surface area contributed by atoms with Crippen LogP contribution in [0.15, 0.2) is 4.52 Å². The summed E-state index contributed by atoms with van der Waals surface area (Å²) in [6.45, 7) is 4.60. The van der Waals surface area contributed by atoms with Crippen molar-refractivity contribution in [2.45, 2.75) is 51.8 Å². The van der Waals surface area contributed by atoms with Crippen LogP contribution in [0.25, 0.3) is 0 Å². The molecular formula is C11H18N2O2. The molecule has 15 heavy (non-hydrogen) atoms. The minimum Gasteiger partial charge on any atom is -0.392 e. The van der Waals surface area contributed by atoms with Crippen LogP contribution in [0.1, 0.15) is 36.3 Å². The molecule has 1 aliphatic rings. The average Bonchev–Trinajstić information content (AvgIpc) is 2.73. The van der Waals surface area contributed by atoms with Crippen molar-refractivity contribution in [3.63, 3.8) is 0 Å². The largest absolute Gasteiger partial charge is 0.392 e. The van der Waals surface area contributed by atoms with E-state index in [9.17, 15) is 5.11 Å². The van der Waals surface area contributed by atoms with Crippen molar-refractivity contribution in [1.29, 1.82) is 0 Å². The van der Waals surface area contributed by atoms with Gasteiger partial charge in [0.25, 0.3) is 0 Å². The van der Waals surface area contributed by atoms with Crippen LogP contribution in [-0.4, -0.2) is 22.4 Å². The van der Waals surface area contributed by atoms with E-state index in [1.165, 1.54) is 0 Å². The number of hydrogen-bond acceptors (Lipinski definition) is 4. The minimum absolute atomic E-state index is 0.189. The third kappa shape index (κ3) is 2.21. The highest BCUT2D eigenvalue weighted by Crippen LogP contribution is 2.20. The zero-order chi connectivity index (χ0) is 10.8. The van der Waals surface area contributed by atoms with Crippen molar-refractivity contribution in [1.82, 2.24) is 10.5 Å². The fraction of sp³-hybridized carbons (Fsp3) is 0.727. The Balaban J connectivity index is 1.93. The number of rotatable bonds is 3. The van der Waals surface area contributed by atoms with Crippen molar-refractivity contribution in [3.8, 4) is 0 Å². The summed E-state index contributed by atoms with van der Waals surface area (Å²) in [6, 6.07) is 0.235. The SMILES string of the molecule is Cc1noc(C)c1CN[C@H]1CCC[C@@H]1O. The first-order valence-electron chi connectivity index (χ1n) is 5.51. The topological polar surface area (TPSA) is 58.3 Å². The lowest BCUT2D eigenvalue weighted by Gasteiger charge is -2.15. The predicted octanol–water partition coefficient (Wildman–Crippen LogP) is 1.29. The number of nitrogens with zero attached hydrogens (tertiary/aromatic N) is 1. The van der Waals surface area contributed by atoms with Gasteiger partial charge in [-0.3, -0.25) is 0 Å². The van der Waals surface area contributed by atoms with Gasteiger partial charge in [-0.15, -0.1) is 0 Å². The van der Waals surface area contributed by atoms with E-state index < -0.39 is 0 Å². The first-order chi connectivity index (χ1) is 7.18. The highest BCUT2D eigenvalue weighted by molar-refractivity contribution is 5.20. The Morgan fingerprint density at radius 3 is 2.80 bits per heavy atom. The molecule has 1 saturated carbocycles. The lowest BCUT2D eigenvalue weighted by atomic mass is 10.1. The van der Waals surface area contributed by atoms with Crippen LogP contribution in [0.2, 0.25) is 0 Å². The summed E-state index contributed by atoms with van der Waals surface area (Å²) in [5.41, 5.74) is 2.06. The third-order valence-corrected chi connectivity index (χ3v) is 3.20. The molecule has 0 aliphatic heterocycles. The molecule has 2 rings (SSSR count). The summed E-state index contributed by atoms with van der Waals surface area (Å²) >= 11 is 0. The second-order valence-electron chi connectivity index (χ2n) is 4.29. The highest BCUT2D eigenvalue weighted by Gasteiger charge is 2.25. The molecule has 1 aromatic heterocycles. The van der Waals surface area contributed by atoms with Crippen molar-refractivity contribution in [2.24, 2.45) is 0 Å². The van der Waals surface area contributed by atoms with E-state index in [4.69, 9.17) is 4.52 Å². The molecule has 4 nitrogen and oxygen atoms in total. The van der Waals surface area contributed by atoms with Crippen LogP contribution in [0, 0.1) is 13.8 Å². The second kappa shape index (κ2) is 4.33. The number of nitrogens with one attached hydrogen (secondary N) is 1. The van der Waals surface area contributed by atoms with E-state index >= 15 is 0 Å². The molecule has 0 spiro atoms. The van der Waals surface area contributed by atoms with Crippen molar-refractivity contribution < 1.29 is 9.63 Å². The maximum absolute atomic E-state index is 9.65. The van der Waals surface area contributed by atoms with Gasteiger partial charge in [0, 0.05) is 18.2 Å². The van der Waals surface area contributed by atoms with Gasteiger partial charge < -0.3 is 14.9 Å². The molecule has 0 unspecified atom stereocenters. The monoisotopic (exact) mass is 210 g/mol. The molecule has 1 aromatic rings. The molecule has 1 fully saturated rings. The molecule has 1 aliphatic carbocycles. The normalized spacial score (nSPS) is 26.1. The zero-order valence-electron chi connectivity index (χ0n) is 9.29. The van der Waals surface area contributed by atoms with E-state index in [-0.39, 0.29) is 12.1 Å². The molecule has 0 saturated heterocycles. The van der Waals surface area contributed by atoms with E-state index in [0.717, 1.165) is 42.8 Å². The van der Waals surface area contributed by atoms with Gasteiger partial charge in [-0.1, -0.05) is 5.16 Å². The van der Waals surface area contributed by atoms with Gasteiger partial charge in [0.1, 0.15) is 5.76 Å². The van der Waals surface area contributed by atoms with Gasteiger partial charge in [-0.25, -0.2) is 0 Å². The molecule has 1 heterocycles. The lowest BCUT2D eigenvalue weighted by molar-refractivity contribution is 0.148. The smallest absolute Gasteiger partial charge is 0.138 e. The third-order valence-electron chi connectivity index (χ3n) is 3.20. The number of aryl methyl sites for hydroxylation is 2. The van der Waals surface area contributed by atoms with Crippen LogP contribution in [-0.2, 0) is 6.54 Å². The number of aliphatic hydroxyl groups excluding tert-OH is 1. The van der Waals surface area contributed by atoms with E-state index in [0.29, 0.717) is 0 Å². The molecule has 0 amide bonds. The van der Waals surface area contributed by atoms with E-state index in [1.807, 2.05) is 13.8 Å². The summed E-state index contributed by atoms with van der Waals surface area (Å²) in [5.74, 6) is 0.868. The predicted molar refractivity (Wildman–Crippen MR) is 56.5 cm³/mol. The Morgan fingerprint density at radius 1 is 1.47 bits per heavy atom. The Hall–Kier alpha value is -0.870. The van der Waals surface area contributed by atoms with Crippen LogP contribution in [0.4, 0.5) is 0 Å². The fourth-order valence-corrected chi connectivity index (χ4v) is 2.17.